The van der Waals surface area contributed by atoms with Crippen LogP contribution in [-0.2, 0) is 4.74 Å². The van der Waals surface area contributed by atoms with Gasteiger partial charge in [0, 0.05) is 20.2 Å². The molecule has 0 bridgehead atoms. The van der Waals surface area contributed by atoms with Gasteiger partial charge in [-0.2, -0.15) is 4.80 Å². The topological polar surface area (TPSA) is 78.0 Å². The SMILES string of the molecule is COCCNCC(C)n1nnc(-c2ccco2)n1. The highest BCUT2D eigenvalue weighted by Crippen LogP contribution is 2.14. The van der Waals surface area contributed by atoms with Crippen LogP contribution in [0.4, 0.5) is 0 Å². The van der Waals surface area contributed by atoms with Crippen LogP contribution in [0.3, 0.4) is 0 Å². The van der Waals surface area contributed by atoms with Crippen LogP contribution in [0, 0.1) is 0 Å². The quantitative estimate of drug-likeness (QED) is 0.731. The summed E-state index contributed by atoms with van der Waals surface area (Å²) in [5, 5.41) is 15.5. The number of hydrogen-bond donors (Lipinski definition) is 1. The lowest BCUT2D eigenvalue weighted by molar-refractivity contribution is 0.197. The van der Waals surface area contributed by atoms with Crippen molar-refractivity contribution in [1.82, 2.24) is 25.5 Å². The van der Waals surface area contributed by atoms with Gasteiger partial charge in [-0.15, -0.1) is 10.2 Å². The van der Waals surface area contributed by atoms with Crippen molar-refractivity contribution in [3.8, 4) is 11.6 Å². The first-order chi connectivity index (χ1) is 8.81. The standard InChI is InChI=1S/C11H17N5O2/c1-9(8-12-5-7-17-2)16-14-11(13-15-16)10-4-3-6-18-10/h3-4,6,9,12H,5,7-8H2,1-2H3. The van der Waals surface area contributed by atoms with Crippen molar-refractivity contribution >= 4 is 0 Å². The van der Waals surface area contributed by atoms with E-state index in [1.165, 1.54) is 0 Å². The van der Waals surface area contributed by atoms with Gasteiger partial charge in [-0.3, -0.25) is 0 Å². The molecule has 2 aromatic rings. The number of furan rings is 1. The van der Waals surface area contributed by atoms with Crippen LogP contribution in [0.15, 0.2) is 22.8 Å². The summed E-state index contributed by atoms with van der Waals surface area (Å²) in [4.78, 5) is 1.58. The van der Waals surface area contributed by atoms with Crippen molar-refractivity contribution in [3.63, 3.8) is 0 Å². The fourth-order valence-electron chi connectivity index (χ4n) is 1.48. The highest BCUT2D eigenvalue weighted by atomic mass is 16.5. The predicted octanol–water partition coefficient (Wildman–Crippen LogP) is 0.730. The van der Waals surface area contributed by atoms with Gasteiger partial charge < -0.3 is 14.5 Å². The zero-order valence-corrected chi connectivity index (χ0v) is 10.5. The molecule has 2 rings (SSSR count). The normalized spacial score (nSPS) is 12.8. The van der Waals surface area contributed by atoms with E-state index in [1.807, 2.05) is 13.0 Å². The highest BCUT2D eigenvalue weighted by molar-refractivity contribution is 5.43. The second-order valence-corrected chi connectivity index (χ2v) is 3.96. The van der Waals surface area contributed by atoms with Crippen molar-refractivity contribution in [2.75, 3.05) is 26.8 Å². The fraction of sp³-hybridized carbons (Fsp3) is 0.545. The van der Waals surface area contributed by atoms with Crippen molar-refractivity contribution in [3.05, 3.63) is 18.4 Å². The number of rotatable bonds is 7. The van der Waals surface area contributed by atoms with E-state index in [9.17, 15) is 0 Å². The van der Waals surface area contributed by atoms with Gasteiger partial charge in [-0.05, 0) is 24.3 Å². The first kappa shape index (κ1) is 12.7. The van der Waals surface area contributed by atoms with Gasteiger partial charge in [0.1, 0.15) is 0 Å². The summed E-state index contributed by atoms with van der Waals surface area (Å²) in [6, 6.07) is 3.73. The predicted molar refractivity (Wildman–Crippen MR) is 65.0 cm³/mol. The van der Waals surface area contributed by atoms with Crippen molar-refractivity contribution < 1.29 is 9.15 Å². The first-order valence-electron chi connectivity index (χ1n) is 5.84. The summed E-state index contributed by atoms with van der Waals surface area (Å²) in [5.74, 6) is 1.13. The Morgan fingerprint density at radius 1 is 1.56 bits per heavy atom. The molecular formula is C11H17N5O2. The van der Waals surface area contributed by atoms with E-state index in [4.69, 9.17) is 9.15 Å². The molecule has 0 aliphatic heterocycles. The van der Waals surface area contributed by atoms with Crippen LogP contribution in [0.25, 0.3) is 11.6 Å². The molecule has 1 unspecified atom stereocenters. The molecule has 7 heteroatoms. The molecular weight excluding hydrogens is 234 g/mol. The van der Waals surface area contributed by atoms with Crippen molar-refractivity contribution in [1.29, 1.82) is 0 Å². The summed E-state index contributed by atoms with van der Waals surface area (Å²) >= 11 is 0. The molecule has 1 N–H and O–H groups in total. The average molecular weight is 251 g/mol. The number of hydrogen-bond acceptors (Lipinski definition) is 6. The molecule has 2 heterocycles. The van der Waals surface area contributed by atoms with Crippen LogP contribution in [0.1, 0.15) is 13.0 Å². The van der Waals surface area contributed by atoms with Crippen molar-refractivity contribution in [2.45, 2.75) is 13.0 Å². The molecule has 1 atom stereocenters. The second kappa shape index (κ2) is 6.27. The molecule has 7 nitrogen and oxygen atoms in total. The third-order valence-electron chi connectivity index (χ3n) is 2.49. The molecule has 18 heavy (non-hydrogen) atoms. The highest BCUT2D eigenvalue weighted by Gasteiger charge is 2.12. The Kier molecular flexibility index (Phi) is 4.43. The second-order valence-electron chi connectivity index (χ2n) is 3.96. The number of aromatic nitrogens is 4. The van der Waals surface area contributed by atoms with Gasteiger partial charge in [-0.1, -0.05) is 0 Å². The average Bonchev–Trinajstić information content (AvgIpc) is 3.03. The maximum Gasteiger partial charge on any atom is 0.240 e. The smallest absolute Gasteiger partial charge is 0.240 e. The van der Waals surface area contributed by atoms with E-state index in [0.717, 1.165) is 13.1 Å². The molecule has 0 fully saturated rings. The lowest BCUT2D eigenvalue weighted by atomic mass is 10.3. The summed E-state index contributed by atoms with van der Waals surface area (Å²) < 4.78 is 10.2. The van der Waals surface area contributed by atoms with Crippen LogP contribution < -0.4 is 5.32 Å². The molecule has 0 amide bonds. The Labute approximate surface area is 105 Å². The van der Waals surface area contributed by atoms with E-state index in [-0.39, 0.29) is 6.04 Å². The molecule has 0 aromatic carbocycles. The molecule has 2 aromatic heterocycles. The molecule has 0 saturated heterocycles. The van der Waals surface area contributed by atoms with E-state index in [2.05, 4.69) is 20.7 Å². The summed E-state index contributed by atoms with van der Waals surface area (Å²) in [6.07, 6.45) is 1.59. The molecule has 0 radical (unpaired) electrons. The van der Waals surface area contributed by atoms with Crippen LogP contribution in [-0.4, -0.2) is 47.0 Å². The van der Waals surface area contributed by atoms with Gasteiger partial charge in [0.2, 0.25) is 5.82 Å². The van der Waals surface area contributed by atoms with Gasteiger partial charge >= 0.3 is 0 Å². The van der Waals surface area contributed by atoms with E-state index < -0.39 is 0 Å². The summed E-state index contributed by atoms with van der Waals surface area (Å²) in [6.45, 7) is 4.28. The largest absolute Gasteiger partial charge is 0.461 e. The van der Waals surface area contributed by atoms with Crippen molar-refractivity contribution in [2.24, 2.45) is 0 Å². The number of tetrazole rings is 1. The number of ether oxygens (including phenoxy) is 1. The molecule has 0 aliphatic carbocycles. The third-order valence-corrected chi connectivity index (χ3v) is 2.49. The molecule has 0 spiro atoms. The van der Waals surface area contributed by atoms with Crippen LogP contribution in [0.5, 0.6) is 0 Å². The zero-order chi connectivity index (χ0) is 12.8. The van der Waals surface area contributed by atoms with Gasteiger partial charge in [0.05, 0.1) is 18.9 Å². The monoisotopic (exact) mass is 251 g/mol. The number of nitrogens with one attached hydrogen (secondary N) is 1. The van der Waals surface area contributed by atoms with E-state index >= 15 is 0 Å². The Hall–Kier alpha value is -1.73. The van der Waals surface area contributed by atoms with E-state index in [1.54, 1.807) is 24.2 Å². The van der Waals surface area contributed by atoms with E-state index in [0.29, 0.717) is 18.2 Å². The van der Waals surface area contributed by atoms with Crippen LogP contribution in [0.2, 0.25) is 0 Å². The van der Waals surface area contributed by atoms with Gasteiger partial charge in [0.25, 0.3) is 0 Å². The zero-order valence-electron chi connectivity index (χ0n) is 10.5. The Morgan fingerprint density at radius 2 is 2.44 bits per heavy atom. The third kappa shape index (κ3) is 3.14. The summed E-state index contributed by atoms with van der Waals surface area (Å²) in [5.41, 5.74) is 0. The maximum atomic E-state index is 5.22. The number of nitrogens with zero attached hydrogens (tertiary/aromatic N) is 4. The van der Waals surface area contributed by atoms with Gasteiger partial charge in [-0.25, -0.2) is 0 Å². The minimum absolute atomic E-state index is 0.123. The maximum absolute atomic E-state index is 5.22. The minimum atomic E-state index is 0.123. The van der Waals surface area contributed by atoms with Crippen LogP contribution >= 0.6 is 0 Å². The fourth-order valence-corrected chi connectivity index (χ4v) is 1.48. The Bertz CT molecular complexity index is 454. The first-order valence-corrected chi connectivity index (χ1v) is 5.84. The Morgan fingerprint density at radius 3 is 3.17 bits per heavy atom. The molecule has 0 aliphatic rings. The minimum Gasteiger partial charge on any atom is -0.461 e. The van der Waals surface area contributed by atoms with Gasteiger partial charge in [0.15, 0.2) is 5.76 Å². The lowest BCUT2D eigenvalue weighted by Crippen LogP contribution is -2.27. The summed E-state index contributed by atoms with van der Waals surface area (Å²) in [7, 11) is 1.68. The lowest BCUT2D eigenvalue weighted by Gasteiger charge is -2.10. The molecule has 0 saturated carbocycles. The number of methoxy groups -OCH3 is 1. The Balaban J connectivity index is 1.89. The molecule has 98 valence electrons.